The number of nitrogens with one attached hydrogen (secondary N) is 1. The number of nitrogens with zero attached hydrogens (tertiary/aromatic N) is 4. The number of likely N-dealkylation sites (tertiary alicyclic amines) is 1. The predicted octanol–water partition coefficient (Wildman–Crippen LogP) is 2.01. The van der Waals surface area contributed by atoms with Crippen molar-refractivity contribution >= 4 is 5.91 Å². The van der Waals surface area contributed by atoms with Gasteiger partial charge in [-0.05, 0) is 51.5 Å². The Balaban J connectivity index is 1.39. The van der Waals surface area contributed by atoms with Crippen molar-refractivity contribution in [3.8, 4) is 0 Å². The predicted molar refractivity (Wildman–Crippen MR) is 97.2 cm³/mol. The molecule has 0 unspecified atom stereocenters. The molecule has 26 heavy (non-hydrogen) atoms. The van der Waals surface area contributed by atoms with E-state index in [1.54, 1.807) is 10.7 Å². The van der Waals surface area contributed by atoms with Crippen LogP contribution in [0.25, 0.3) is 0 Å². The second-order valence-corrected chi connectivity index (χ2v) is 7.60. The molecule has 4 rings (SSSR count). The molecule has 1 aliphatic heterocycles. The molecular formula is C19H25N5O2. The van der Waals surface area contributed by atoms with E-state index in [4.69, 9.17) is 0 Å². The largest absolute Gasteiger partial charge is 0.339 e. The number of rotatable bonds is 4. The topological polar surface area (TPSA) is 83.9 Å². The van der Waals surface area contributed by atoms with Crippen molar-refractivity contribution in [2.24, 2.45) is 5.92 Å². The van der Waals surface area contributed by atoms with Gasteiger partial charge < -0.3 is 4.90 Å². The van der Waals surface area contributed by atoms with Crippen molar-refractivity contribution in [2.75, 3.05) is 13.1 Å². The van der Waals surface area contributed by atoms with E-state index in [0.717, 1.165) is 29.9 Å². The van der Waals surface area contributed by atoms with Crippen molar-refractivity contribution in [2.45, 2.75) is 52.0 Å². The second kappa shape index (κ2) is 6.70. The number of hydrogen-bond donors (Lipinski definition) is 1. The smallest absolute Gasteiger partial charge is 0.266 e. The van der Waals surface area contributed by atoms with Crippen LogP contribution in [0.1, 0.15) is 59.0 Å². The highest BCUT2D eigenvalue weighted by Crippen LogP contribution is 2.38. The number of hydrogen-bond acceptors (Lipinski definition) is 4. The van der Waals surface area contributed by atoms with Gasteiger partial charge in [0.2, 0.25) is 0 Å². The van der Waals surface area contributed by atoms with Crippen LogP contribution in [0.15, 0.2) is 16.9 Å². The molecule has 2 aromatic rings. The summed E-state index contributed by atoms with van der Waals surface area (Å²) in [5.41, 5.74) is 3.28. The van der Waals surface area contributed by atoms with E-state index in [-0.39, 0.29) is 11.5 Å². The molecule has 1 saturated carbocycles. The fraction of sp³-hybridized carbons (Fsp3) is 0.579. The van der Waals surface area contributed by atoms with Gasteiger partial charge in [0.15, 0.2) is 0 Å². The highest BCUT2D eigenvalue weighted by atomic mass is 16.2. The van der Waals surface area contributed by atoms with Crippen molar-refractivity contribution in [3.05, 3.63) is 45.1 Å². The third-order valence-corrected chi connectivity index (χ3v) is 5.56. The number of aromatic amines is 1. The van der Waals surface area contributed by atoms with Gasteiger partial charge in [-0.25, -0.2) is 4.68 Å². The van der Waals surface area contributed by atoms with Crippen LogP contribution in [0.5, 0.6) is 0 Å². The van der Waals surface area contributed by atoms with Gasteiger partial charge in [0.1, 0.15) is 0 Å². The lowest BCUT2D eigenvalue weighted by atomic mass is 9.96. The third kappa shape index (κ3) is 3.30. The molecule has 0 radical (unpaired) electrons. The minimum atomic E-state index is -0.0300. The van der Waals surface area contributed by atoms with E-state index in [1.165, 1.54) is 12.8 Å². The molecule has 2 fully saturated rings. The van der Waals surface area contributed by atoms with Gasteiger partial charge in [0.25, 0.3) is 11.5 Å². The van der Waals surface area contributed by atoms with Crippen LogP contribution in [-0.4, -0.2) is 43.9 Å². The van der Waals surface area contributed by atoms with Crippen LogP contribution in [-0.2, 0) is 6.54 Å². The fourth-order valence-electron chi connectivity index (χ4n) is 3.78. The van der Waals surface area contributed by atoms with Gasteiger partial charge in [-0.3, -0.25) is 14.7 Å². The van der Waals surface area contributed by atoms with Gasteiger partial charge in [-0.15, -0.1) is 0 Å². The Labute approximate surface area is 152 Å². The summed E-state index contributed by atoms with van der Waals surface area (Å²) in [7, 11) is 0. The van der Waals surface area contributed by atoms with Crippen molar-refractivity contribution in [1.29, 1.82) is 0 Å². The summed E-state index contributed by atoms with van der Waals surface area (Å²) in [5, 5.41) is 11.6. The van der Waals surface area contributed by atoms with Crippen LogP contribution in [0.2, 0.25) is 0 Å². The van der Waals surface area contributed by atoms with Crippen molar-refractivity contribution in [1.82, 2.24) is 24.9 Å². The first-order valence-corrected chi connectivity index (χ1v) is 9.42. The molecule has 7 heteroatoms. The highest BCUT2D eigenvalue weighted by Gasteiger charge is 2.28. The summed E-state index contributed by atoms with van der Waals surface area (Å²) in [6.07, 6.45) is 4.14. The maximum atomic E-state index is 12.7. The van der Waals surface area contributed by atoms with Crippen LogP contribution < -0.4 is 5.56 Å². The van der Waals surface area contributed by atoms with Gasteiger partial charge in [-0.2, -0.15) is 10.2 Å². The summed E-state index contributed by atoms with van der Waals surface area (Å²) in [6, 6.07) is 3.51. The standard InChI is InChI=1S/C19H25N5O2/c1-12-18(13(2)21-20-12)19(26)23-9-7-14(8-10-23)11-24-17(25)6-5-16(22-24)15-3-4-15/h5-6,14-15H,3-4,7-11H2,1-2H3,(H,20,21). The van der Waals surface area contributed by atoms with Crippen LogP contribution in [0, 0.1) is 19.8 Å². The molecule has 0 aromatic carbocycles. The molecule has 2 aromatic heterocycles. The molecule has 0 atom stereocenters. The van der Waals surface area contributed by atoms with Gasteiger partial charge in [0, 0.05) is 37.3 Å². The quantitative estimate of drug-likeness (QED) is 0.909. The first-order chi connectivity index (χ1) is 12.5. The average molecular weight is 355 g/mol. The lowest BCUT2D eigenvalue weighted by Crippen LogP contribution is -2.40. The van der Waals surface area contributed by atoms with Crippen molar-refractivity contribution < 1.29 is 4.79 Å². The number of piperidine rings is 1. The zero-order valence-corrected chi connectivity index (χ0v) is 15.4. The Morgan fingerprint density at radius 3 is 2.54 bits per heavy atom. The monoisotopic (exact) mass is 355 g/mol. The molecule has 1 N–H and O–H groups in total. The van der Waals surface area contributed by atoms with E-state index >= 15 is 0 Å². The number of aromatic nitrogens is 4. The molecule has 7 nitrogen and oxygen atoms in total. The van der Waals surface area contributed by atoms with E-state index in [9.17, 15) is 9.59 Å². The Kier molecular flexibility index (Phi) is 4.38. The molecule has 0 bridgehead atoms. The summed E-state index contributed by atoms with van der Waals surface area (Å²) in [6.45, 7) is 5.81. The zero-order chi connectivity index (χ0) is 18.3. The number of carbonyl (C=O) groups is 1. The maximum Gasteiger partial charge on any atom is 0.266 e. The molecule has 138 valence electrons. The van der Waals surface area contributed by atoms with Crippen LogP contribution in [0.3, 0.4) is 0 Å². The van der Waals surface area contributed by atoms with Crippen LogP contribution >= 0.6 is 0 Å². The van der Waals surface area contributed by atoms with Crippen LogP contribution in [0.4, 0.5) is 0 Å². The number of amides is 1. The molecule has 0 spiro atoms. The van der Waals surface area contributed by atoms with Gasteiger partial charge in [-0.1, -0.05) is 0 Å². The van der Waals surface area contributed by atoms with Gasteiger partial charge in [0.05, 0.1) is 17.0 Å². The molecule has 1 aliphatic carbocycles. The molecule has 1 saturated heterocycles. The Morgan fingerprint density at radius 2 is 1.92 bits per heavy atom. The first kappa shape index (κ1) is 17.0. The number of H-pyrrole nitrogens is 1. The zero-order valence-electron chi connectivity index (χ0n) is 15.4. The normalized spacial score (nSPS) is 18.3. The van der Waals surface area contributed by atoms with E-state index in [0.29, 0.717) is 37.0 Å². The summed E-state index contributed by atoms with van der Waals surface area (Å²) >= 11 is 0. The van der Waals surface area contributed by atoms with Gasteiger partial charge >= 0.3 is 0 Å². The third-order valence-electron chi connectivity index (χ3n) is 5.56. The molecular weight excluding hydrogens is 330 g/mol. The molecule has 1 amide bonds. The van der Waals surface area contributed by atoms with E-state index in [2.05, 4.69) is 15.3 Å². The lowest BCUT2D eigenvalue weighted by molar-refractivity contribution is 0.0679. The summed E-state index contributed by atoms with van der Waals surface area (Å²) in [5.74, 6) is 0.978. The second-order valence-electron chi connectivity index (χ2n) is 7.60. The minimum Gasteiger partial charge on any atom is -0.339 e. The minimum absolute atomic E-state index is 0.0300. The average Bonchev–Trinajstić information content (AvgIpc) is 3.42. The maximum absolute atomic E-state index is 12.7. The summed E-state index contributed by atoms with van der Waals surface area (Å²) in [4.78, 5) is 26.8. The Bertz CT molecular complexity index is 853. The Hall–Kier alpha value is -2.44. The van der Waals surface area contributed by atoms with E-state index < -0.39 is 0 Å². The Morgan fingerprint density at radius 1 is 1.19 bits per heavy atom. The first-order valence-electron chi connectivity index (χ1n) is 9.42. The molecule has 3 heterocycles. The lowest BCUT2D eigenvalue weighted by Gasteiger charge is -2.32. The highest BCUT2D eigenvalue weighted by molar-refractivity contribution is 5.96. The van der Waals surface area contributed by atoms with Crippen molar-refractivity contribution in [3.63, 3.8) is 0 Å². The fourth-order valence-corrected chi connectivity index (χ4v) is 3.78. The number of aryl methyl sites for hydroxylation is 2. The van der Waals surface area contributed by atoms with E-state index in [1.807, 2.05) is 24.8 Å². The number of carbonyl (C=O) groups excluding carboxylic acids is 1. The summed E-state index contributed by atoms with van der Waals surface area (Å²) < 4.78 is 1.63. The molecule has 2 aliphatic rings. The SMILES string of the molecule is Cc1n[nH]c(C)c1C(=O)N1CCC(Cn2nc(C3CC3)ccc2=O)CC1.